The topological polar surface area (TPSA) is 202 Å². The van der Waals surface area contributed by atoms with Gasteiger partial charge in [0.15, 0.2) is 0 Å². The van der Waals surface area contributed by atoms with Crippen LogP contribution in [0.25, 0.3) is 76.8 Å². The van der Waals surface area contributed by atoms with Gasteiger partial charge in [-0.1, -0.05) is 145 Å². The van der Waals surface area contributed by atoms with Crippen LogP contribution in [0.15, 0.2) is 105 Å². The molecule has 0 aliphatic carbocycles. The number of anilines is 2. The van der Waals surface area contributed by atoms with Crippen LogP contribution in [0.1, 0.15) is 125 Å². The molecule has 0 saturated heterocycles. The molecule has 0 radical (unpaired) electrons. The van der Waals surface area contributed by atoms with Crippen LogP contribution in [0.5, 0.6) is 0 Å². The molecule has 0 fully saturated rings. The van der Waals surface area contributed by atoms with E-state index >= 15 is 0 Å². The Bertz CT molecular complexity index is 1980. The van der Waals surface area contributed by atoms with Crippen LogP contribution < -0.4 is 9.80 Å². The highest BCUT2D eigenvalue weighted by atomic mass is 15.1. The maximum Gasteiger partial charge on any atom is 0.0366 e. The van der Waals surface area contributed by atoms with Crippen molar-refractivity contribution in [3.8, 4) is 0 Å². The third-order valence-corrected chi connectivity index (χ3v) is 11.3. The zero-order valence-electron chi connectivity index (χ0n) is 37.6. The van der Waals surface area contributed by atoms with Gasteiger partial charge in [-0.2, -0.15) is 0 Å². The number of benzene rings is 4. The van der Waals surface area contributed by atoms with Crippen LogP contribution in [-0.2, 0) is 0 Å². The SMILES string of the molecule is [N-]=[N+]=NCCCCCCN(CCCCCCN=[N+]=[N-])c1ccc(/C=C/c2ccc3cc(/C=C/c4ccc(N(CCCCCCN=[N+]=[N-])CCCCCCN=[N+]=[N-])cc4)ccc3c2)cc1. The zero-order chi connectivity index (χ0) is 45.1. The van der Waals surface area contributed by atoms with E-state index in [4.69, 9.17) is 22.1 Å². The summed E-state index contributed by atoms with van der Waals surface area (Å²) < 4.78 is 0. The molecular formula is C50H66N14. The Balaban J connectivity index is 1.32. The van der Waals surface area contributed by atoms with E-state index in [1.165, 1.54) is 22.1 Å². The molecule has 4 aromatic rings. The van der Waals surface area contributed by atoms with E-state index in [1.54, 1.807) is 0 Å². The molecule has 0 aliphatic heterocycles. The minimum absolute atomic E-state index is 0.568. The Labute approximate surface area is 379 Å². The molecule has 4 rings (SSSR count). The normalized spacial score (nSPS) is 10.9. The third kappa shape index (κ3) is 20.6. The monoisotopic (exact) mass is 863 g/mol. The van der Waals surface area contributed by atoms with Crippen molar-refractivity contribution in [1.29, 1.82) is 0 Å². The standard InChI is InChI=1S/C50H66N14/c51-59-55-33-9-1-5-13-37-63(38-14-6-2-10-34-56-60-52)49-29-23-43(24-30-49)17-19-45-21-27-48-42-46(22-28-47(48)41-45)20-18-44-25-31-50(32-26-44)64(39-15-7-3-11-35-57-61-53)40-16-8-4-12-36-58-62-54/h17-32,41-42H,1-16,33-40H2/b19-17+,20-18+. The van der Waals surface area contributed by atoms with Crippen LogP contribution in [-0.4, -0.2) is 52.4 Å². The van der Waals surface area contributed by atoms with Gasteiger partial charge in [0.05, 0.1) is 0 Å². The number of fused-ring (bicyclic) bond motifs is 1. The summed E-state index contributed by atoms with van der Waals surface area (Å²) in [4.78, 5) is 16.4. The first kappa shape index (κ1) is 50.1. The maximum atomic E-state index is 8.52. The third-order valence-electron chi connectivity index (χ3n) is 11.3. The van der Waals surface area contributed by atoms with Gasteiger partial charge in [0, 0.05) is 83.4 Å². The van der Waals surface area contributed by atoms with Crippen molar-refractivity contribution < 1.29 is 0 Å². The fourth-order valence-electron chi connectivity index (χ4n) is 7.74. The van der Waals surface area contributed by atoms with Gasteiger partial charge in [-0.25, -0.2) is 0 Å². The molecule has 14 nitrogen and oxygen atoms in total. The summed E-state index contributed by atoms with van der Waals surface area (Å²) in [6.07, 6.45) is 25.5. The fourth-order valence-corrected chi connectivity index (χ4v) is 7.74. The maximum absolute atomic E-state index is 8.52. The summed E-state index contributed by atoms with van der Waals surface area (Å²) >= 11 is 0. The molecule has 336 valence electrons. The molecule has 0 bridgehead atoms. The van der Waals surface area contributed by atoms with Crippen LogP contribution in [0.2, 0.25) is 0 Å². The summed E-state index contributed by atoms with van der Waals surface area (Å²) in [5, 5.41) is 17.0. The number of nitrogens with zero attached hydrogens (tertiary/aromatic N) is 14. The van der Waals surface area contributed by atoms with Crippen molar-refractivity contribution in [2.45, 2.75) is 103 Å². The number of unbranched alkanes of at least 4 members (excludes halogenated alkanes) is 12. The molecule has 0 amide bonds. The molecule has 0 spiro atoms. The summed E-state index contributed by atoms with van der Waals surface area (Å²) in [5.74, 6) is 0. The number of azide groups is 4. The molecule has 0 N–H and O–H groups in total. The molecule has 0 atom stereocenters. The molecular weight excluding hydrogens is 797 g/mol. The molecule has 0 unspecified atom stereocenters. The Morgan fingerprint density at radius 3 is 0.891 bits per heavy atom. The minimum Gasteiger partial charge on any atom is -0.372 e. The van der Waals surface area contributed by atoms with Crippen molar-refractivity contribution in [3.05, 3.63) is 149 Å². The first-order valence-corrected chi connectivity index (χ1v) is 23.3. The molecule has 0 saturated carbocycles. The van der Waals surface area contributed by atoms with Crippen LogP contribution >= 0.6 is 0 Å². The highest BCUT2D eigenvalue weighted by Gasteiger charge is 2.09. The van der Waals surface area contributed by atoms with Gasteiger partial charge < -0.3 is 9.80 Å². The van der Waals surface area contributed by atoms with Crippen molar-refractivity contribution in [2.75, 3.05) is 62.2 Å². The first-order valence-electron chi connectivity index (χ1n) is 23.3. The average molecular weight is 863 g/mol. The van der Waals surface area contributed by atoms with Crippen molar-refractivity contribution in [1.82, 2.24) is 0 Å². The fraction of sp³-hybridized carbons (Fsp3) is 0.480. The predicted octanol–water partition coefficient (Wildman–Crippen LogP) is 16.3. The number of hydrogen-bond donors (Lipinski definition) is 0. The lowest BCUT2D eigenvalue weighted by Gasteiger charge is -2.25. The van der Waals surface area contributed by atoms with E-state index in [1.807, 2.05) is 0 Å². The highest BCUT2D eigenvalue weighted by molar-refractivity contribution is 5.88. The molecule has 0 aromatic heterocycles. The van der Waals surface area contributed by atoms with Crippen molar-refractivity contribution >= 4 is 46.5 Å². The Kier molecular flexibility index (Phi) is 25.2. The van der Waals surface area contributed by atoms with E-state index in [-0.39, 0.29) is 0 Å². The summed E-state index contributed by atoms with van der Waals surface area (Å²) in [5.41, 5.74) is 41.2. The van der Waals surface area contributed by atoms with Gasteiger partial charge >= 0.3 is 0 Å². The first-order chi connectivity index (χ1) is 31.6. The van der Waals surface area contributed by atoms with Crippen LogP contribution in [0.3, 0.4) is 0 Å². The molecule has 0 aliphatic rings. The van der Waals surface area contributed by atoms with Gasteiger partial charge in [0.1, 0.15) is 0 Å². The molecule has 14 heteroatoms. The number of hydrogen-bond acceptors (Lipinski definition) is 6. The largest absolute Gasteiger partial charge is 0.372 e. The van der Waals surface area contributed by atoms with Gasteiger partial charge in [-0.05, 0) is 143 Å². The van der Waals surface area contributed by atoms with Gasteiger partial charge in [-0.3, -0.25) is 0 Å². The zero-order valence-corrected chi connectivity index (χ0v) is 37.6. The summed E-state index contributed by atoms with van der Waals surface area (Å²) in [6, 6.07) is 30.9. The average Bonchev–Trinajstić information content (AvgIpc) is 3.33. The molecule has 0 heterocycles. The van der Waals surface area contributed by atoms with Crippen LogP contribution in [0, 0.1) is 0 Å². The lowest BCUT2D eigenvalue weighted by molar-refractivity contribution is 0.597. The van der Waals surface area contributed by atoms with Crippen molar-refractivity contribution in [2.24, 2.45) is 20.5 Å². The van der Waals surface area contributed by atoms with Gasteiger partial charge in [-0.15, -0.1) is 0 Å². The second-order valence-corrected chi connectivity index (χ2v) is 16.2. The highest BCUT2D eigenvalue weighted by Crippen LogP contribution is 2.24. The van der Waals surface area contributed by atoms with E-state index in [0.29, 0.717) is 26.2 Å². The second-order valence-electron chi connectivity index (χ2n) is 16.2. The van der Waals surface area contributed by atoms with E-state index in [0.717, 1.165) is 151 Å². The van der Waals surface area contributed by atoms with Gasteiger partial charge in [0.25, 0.3) is 0 Å². The quantitative estimate of drug-likeness (QED) is 0.0148. The smallest absolute Gasteiger partial charge is 0.0366 e. The minimum atomic E-state index is 0.568. The summed E-state index contributed by atoms with van der Waals surface area (Å²) in [7, 11) is 0. The van der Waals surface area contributed by atoms with E-state index < -0.39 is 0 Å². The molecule has 64 heavy (non-hydrogen) atoms. The van der Waals surface area contributed by atoms with Gasteiger partial charge in [0.2, 0.25) is 0 Å². The summed E-state index contributed by atoms with van der Waals surface area (Å²) in [6.45, 7) is 6.24. The Morgan fingerprint density at radius 2 is 0.594 bits per heavy atom. The van der Waals surface area contributed by atoms with E-state index in [2.05, 4.69) is 159 Å². The second kappa shape index (κ2) is 32.2. The Morgan fingerprint density at radius 1 is 0.328 bits per heavy atom. The van der Waals surface area contributed by atoms with E-state index in [9.17, 15) is 0 Å². The molecule has 4 aromatic carbocycles. The Hall–Kier alpha value is -6.54. The van der Waals surface area contributed by atoms with Crippen LogP contribution in [0.4, 0.5) is 11.4 Å². The van der Waals surface area contributed by atoms with Crippen molar-refractivity contribution in [3.63, 3.8) is 0 Å². The lowest BCUT2D eigenvalue weighted by atomic mass is 10.0. The lowest BCUT2D eigenvalue weighted by Crippen LogP contribution is -2.25. The number of rotatable bonds is 34. The predicted molar refractivity (Wildman–Crippen MR) is 269 cm³/mol.